The van der Waals surface area contributed by atoms with Crippen molar-refractivity contribution in [3.63, 3.8) is 0 Å². The average molecular weight is 437 g/mol. The molecular formula is C24H22AsClO. The van der Waals surface area contributed by atoms with E-state index in [1.807, 2.05) is 0 Å². The summed E-state index contributed by atoms with van der Waals surface area (Å²) in [7, 11) is 8.08. The molecule has 1 nitrogen and oxygen atoms in total. The quantitative estimate of drug-likeness (QED) is 0.441. The summed E-state index contributed by atoms with van der Waals surface area (Å²) in [6, 6.07) is 42.4. The van der Waals surface area contributed by atoms with Crippen molar-refractivity contribution in [2.75, 3.05) is 0 Å². The molecule has 0 saturated heterocycles. The first kappa shape index (κ1) is 19.5. The Balaban J connectivity index is 0.00000210. The van der Waals surface area contributed by atoms with Crippen LogP contribution in [0.2, 0.25) is 0 Å². The Morgan fingerprint density at radius 1 is 0.370 bits per heavy atom. The van der Waals surface area contributed by atoms with Gasteiger partial charge in [-0.15, -0.1) is 0 Å². The molecule has 0 heterocycles. The van der Waals surface area contributed by atoms with Crippen LogP contribution in [0.25, 0.3) is 0 Å². The van der Waals surface area contributed by atoms with E-state index < -0.39 is 11.5 Å². The third-order valence-corrected chi connectivity index (χ3v) is 19.7. The molecule has 136 valence electrons. The van der Waals surface area contributed by atoms with E-state index in [1.165, 1.54) is 17.4 Å². The average Bonchev–Trinajstić information content (AvgIpc) is 2.76. The normalized spacial score (nSPS) is 12.4. The summed E-state index contributed by atoms with van der Waals surface area (Å²) in [4.78, 5) is 0. The molecule has 0 saturated carbocycles. The molecule has 4 aromatic rings. The summed E-state index contributed by atoms with van der Waals surface area (Å²) in [6.07, 6.45) is 0. The van der Waals surface area contributed by atoms with Crippen molar-refractivity contribution >= 4 is 38.9 Å². The molecule has 0 fully saturated rings. The minimum Gasteiger partial charge on any atom is -0.412 e. The van der Waals surface area contributed by atoms with Crippen LogP contribution < -0.4 is 17.4 Å². The van der Waals surface area contributed by atoms with Crippen LogP contribution in [-0.2, 0) is 0 Å². The van der Waals surface area contributed by atoms with Gasteiger partial charge in [-0.25, -0.2) is 0 Å². The zero-order chi connectivity index (χ0) is 17.9. The zero-order valence-electron chi connectivity index (χ0n) is 14.9. The van der Waals surface area contributed by atoms with E-state index in [4.69, 9.17) is 9.95 Å². The molecule has 0 unspecified atom stereocenters. The van der Waals surface area contributed by atoms with Crippen LogP contribution >= 0.6 is 9.95 Å². The largest absolute Gasteiger partial charge is 0.412 e. The molecule has 0 atom stereocenters. The van der Waals surface area contributed by atoms with Crippen molar-refractivity contribution in [3.05, 3.63) is 121 Å². The summed E-state index contributed by atoms with van der Waals surface area (Å²) in [5, 5.41) is 0. The molecule has 0 radical (unpaired) electrons. The SMILES string of the molecule is Cl[As](c1ccccc1)(c1ccccc1)(c1ccccc1)c1ccccc1.O. The molecule has 4 aromatic carbocycles. The molecule has 0 bridgehead atoms. The molecule has 0 aliphatic rings. The second-order valence-electron chi connectivity index (χ2n) is 6.35. The van der Waals surface area contributed by atoms with Crippen molar-refractivity contribution in [3.8, 4) is 0 Å². The predicted octanol–water partition coefficient (Wildman–Crippen LogP) is 2.93. The first-order valence-corrected chi connectivity index (χ1v) is 14.9. The number of hydrogen-bond donors (Lipinski definition) is 0. The fourth-order valence-corrected chi connectivity index (χ4v) is 16.0. The topological polar surface area (TPSA) is 31.5 Å². The van der Waals surface area contributed by atoms with E-state index >= 15 is 0 Å². The zero-order valence-corrected chi connectivity index (χ0v) is 17.5. The van der Waals surface area contributed by atoms with E-state index in [2.05, 4.69) is 121 Å². The summed E-state index contributed by atoms with van der Waals surface area (Å²) >= 11 is -4.08. The molecule has 4 rings (SSSR count). The van der Waals surface area contributed by atoms with Gasteiger partial charge in [-0.1, -0.05) is 0 Å². The van der Waals surface area contributed by atoms with E-state index in [0.717, 1.165) is 0 Å². The Kier molecular flexibility index (Phi) is 5.58. The monoisotopic (exact) mass is 436 g/mol. The summed E-state index contributed by atoms with van der Waals surface area (Å²) in [5.74, 6) is 0. The smallest absolute Gasteiger partial charge is 0.412 e. The third kappa shape index (κ3) is 2.93. The summed E-state index contributed by atoms with van der Waals surface area (Å²) in [5.41, 5.74) is 0. The molecule has 27 heavy (non-hydrogen) atoms. The van der Waals surface area contributed by atoms with Crippen molar-refractivity contribution in [2.45, 2.75) is 0 Å². The molecule has 0 spiro atoms. The maximum absolute atomic E-state index is 8.08. The van der Waals surface area contributed by atoms with Gasteiger partial charge in [0.1, 0.15) is 0 Å². The molecule has 3 heteroatoms. The molecule has 2 N–H and O–H groups in total. The molecule has 0 aliphatic carbocycles. The second kappa shape index (κ2) is 7.74. The van der Waals surface area contributed by atoms with Gasteiger partial charge >= 0.3 is 160 Å². The molecule has 0 aliphatic heterocycles. The molecule has 0 aromatic heterocycles. The molecule has 0 amide bonds. The van der Waals surface area contributed by atoms with Gasteiger partial charge in [-0.05, 0) is 0 Å². The van der Waals surface area contributed by atoms with Crippen LogP contribution in [-0.4, -0.2) is 17.0 Å². The maximum Gasteiger partial charge on any atom is -0.412 e. The predicted molar refractivity (Wildman–Crippen MR) is 120 cm³/mol. The fourth-order valence-electron chi connectivity index (χ4n) is 3.73. The Bertz CT molecular complexity index is 820. The number of rotatable bonds is 4. The maximum atomic E-state index is 8.08. The Hall–Kier alpha value is -2.31. The van der Waals surface area contributed by atoms with Gasteiger partial charge in [0, 0.05) is 0 Å². The number of benzene rings is 4. The van der Waals surface area contributed by atoms with Crippen molar-refractivity contribution in [2.24, 2.45) is 0 Å². The Morgan fingerprint density at radius 3 is 0.741 bits per heavy atom. The van der Waals surface area contributed by atoms with Gasteiger partial charge in [-0.3, -0.25) is 0 Å². The van der Waals surface area contributed by atoms with E-state index in [-0.39, 0.29) is 5.48 Å². The van der Waals surface area contributed by atoms with Crippen LogP contribution in [0.15, 0.2) is 121 Å². The van der Waals surface area contributed by atoms with Crippen LogP contribution in [0.1, 0.15) is 0 Å². The Morgan fingerprint density at radius 2 is 0.556 bits per heavy atom. The van der Waals surface area contributed by atoms with Gasteiger partial charge < -0.3 is 5.48 Å². The Labute approximate surface area is 165 Å². The summed E-state index contributed by atoms with van der Waals surface area (Å²) < 4.78 is 4.82. The van der Waals surface area contributed by atoms with E-state index in [9.17, 15) is 0 Å². The van der Waals surface area contributed by atoms with Crippen LogP contribution in [0, 0.1) is 0 Å². The van der Waals surface area contributed by atoms with Gasteiger partial charge in [0.2, 0.25) is 0 Å². The standard InChI is InChI=1S/C24H20AsCl.H2O/c26-25(21-13-5-1-6-14-21,22-15-7-2-8-16-22,23-17-9-3-10-18-23)24-19-11-4-12-20-24;/h1-20H;1H2. The first-order chi connectivity index (χ1) is 12.7. The number of halogens is 1. The number of hydrogen-bond acceptors (Lipinski definition) is 0. The van der Waals surface area contributed by atoms with E-state index in [1.54, 1.807) is 0 Å². The van der Waals surface area contributed by atoms with Gasteiger partial charge in [-0.2, -0.15) is 0 Å². The molecular weight excluding hydrogens is 415 g/mol. The van der Waals surface area contributed by atoms with E-state index in [0.29, 0.717) is 0 Å². The minimum atomic E-state index is -4.08. The first-order valence-electron chi connectivity index (χ1n) is 8.71. The van der Waals surface area contributed by atoms with Crippen LogP contribution in [0.4, 0.5) is 0 Å². The van der Waals surface area contributed by atoms with Crippen molar-refractivity contribution < 1.29 is 5.48 Å². The van der Waals surface area contributed by atoms with Gasteiger partial charge in [0.05, 0.1) is 0 Å². The fraction of sp³-hybridized carbons (Fsp3) is 0. The summed E-state index contributed by atoms with van der Waals surface area (Å²) in [6.45, 7) is 0. The van der Waals surface area contributed by atoms with Crippen molar-refractivity contribution in [1.29, 1.82) is 0 Å². The minimum absolute atomic E-state index is 0. The van der Waals surface area contributed by atoms with Crippen LogP contribution in [0.3, 0.4) is 0 Å². The van der Waals surface area contributed by atoms with Gasteiger partial charge in [0.15, 0.2) is 0 Å². The third-order valence-electron chi connectivity index (χ3n) is 4.96. The van der Waals surface area contributed by atoms with Crippen LogP contribution in [0.5, 0.6) is 0 Å². The second-order valence-corrected chi connectivity index (χ2v) is 18.4. The van der Waals surface area contributed by atoms with Crippen molar-refractivity contribution in [1.82, 2.24) is 0 Å². The van der Waals surface area contributed by atoms with Gasteiger partial charge in [0.25, 0.3) is 0 Å².